The molecule has 3 N–H and O–H groups in total. The zero-order valence-corrected chi connectivity index (χ0v) is 21.8. The summed E-state index contributed by atoms with van der Waals surface area (Å²) in [6.07, 6.45) is 3.56. The van der Waals surface area contributed by atoms with Gasteiger partial charge in [0.15, 0.2) is 5.96 Å². The molecular formula is C24H35IN6O2. The van der Waals surface area contributed by atoms with E-state index in [0.717, 1.165) is 49.0 Å². The summed E-state index contributed by atoms with van der Waals surface area (Å²) in [4.78, 5) is 25.3. The number of anilines is 1. The Balaban J connectivity index is 0.00000385. The van der Waals surface area contributed by atoms with Crippen molar-refractivity contribution in [3.8, 4) is 5.75 Å². The number of ether oxygens (including phenoxy) is 1. The lowest BCUT2D eigenvalue weighted by Crippen LogP contribution is -2.42. The van der Waals surface area contributed by atoms with E-state index in [2.05, 4.69) is 27.0 Å². The first-order valence-corrected chi connectivity index (χ1v) is 11.2. The smallest absolute Gasteiger partial charge is 0.222 e. The minimum Gasteiger partial charge on any atom is -0.492 e. The van der Waals surface area contributed by atoms with Crippen LogP contribution in [-0.2, 0) is 11.3 Å². The number of pyridine rings is 1. The predicted molar refractivity (Wildman–Crippen MR) is 143 cm³/mol. The highest BCUT2D eigenvalue weighted by atomic mass is 127. The van der Waals surface area contributed by atoms with Crippen LogP contribution in [0.4, 0.5) is 5.82 Å². The van der Waals surface area contributed by atoms with Crippen LogP contribution in [0.2, 0.25) is 0 Å². The van der Waals surface area contributed by atoms with Crippen LogP contribution in [-0.4, -0.2) is 61.6 Å². The summed E-state index contributed by atoms with van der Waals surface area (Å²) in [7, 11) is 2.00. The van der Waals surface area contributed by atoms with E-state index in [1.807, 2.05) is 49.5 Å². The SMILES string of the molecule is CCNC(=NCc1cccnc1N1CCCC(C(N)=O)C1)N(C)CCOc1ccccc1.I. The Morgan fingerprint density at radius 2 is 2.09 bits per heavy atom. The second kappa shape index (κ2) is 13.9. The monoisotopic (exact) mass is 566 g/mol. The molecule has 1 aliphatic heterocycles. The number of rotatable bonds is 9. The third kappa shape index (κ3) is 8.06. The third-order valence-corrected chi connectivity index (χ3v) is 5.53. The summed E-state index contributed by atoms with van der Waals surface area (Å²) in [5, 5.41) is 3.35. The molecule has 8 nitrogen and oxygen atoms in total. The van der Waals surface area contributed by atoms with E-state index in [9.17, 15) is 4.79 Å². The van der Waals surface area contributed by atoms with Crippen LogP contribution in [0.5, 0.6) is 5.75 Å². The number of primary amides is 1. The van der Waals surface area contributed by atoms with E-state index in [1.165, 1.54) is 0 Å². The van der Waals surface area contributed by atoms with Crippen molar-refractivity contribution in [1.82, 2.24) is 15.2 Å². The summed E-state index contributed by atoms with van der Waals surface area (Å²) in [5.74, 6) is 2.19. The molecular weight excluding hydrogens is 531 g/mol. The van der Waals surface area contributed by atoms with Crippen molar-refractivity contribution in [2.24, 2.45) is 16.6 Å². The van der Waals surface area contributed by atoms with Crippen molar-refractivity contribution < 1.29 is 9.53 Å². The fourth-order valence-corrected chi connectivity index (χ4v) is 3.79. The summed E-state index contributed by atoms with van der Waals surface area (Å²) in [5.41, 5.74) is 6.59. The number of hydrogen-bond donors (Lipinski definition) is 2. The maximum absolute atomic E-state index is 11.7. The van der Waals surface area contributed by atoms with Crippen molar-refractivity contribution in [2.45, 2.75) is 26.3 Å². The number of guanidine groups is 1. The molecule has 1 aromatic carbocycles. The Kier molecular flexibility index (Phi) is 11.2. The normalized spacial score (nSPS) is 16.0. The molecule has 1 saturated heterocycles. The van der Waals surface area contributed by atoms with E-state index in [1.54, 1.807) is 6.20 Å². The Labute approximate surface area is 213 Å². The van der Waals surface area contributed by atoms with Crippen molar-refractivity contribution in [2.75, 3.05) is 44.7 Å². The van der Waals surface area contributed by atoms with Crippen molar-refractivity contribution >= 4 is 41.7 Å². The number of carbonyl (C=O) groups is 1. The molecule has 0 bridgehead atoms. The molecule has 1 amide bonds. The quantitative estimate of drug-likeness (QED) is 0.276. The van der Waals surface area contributed by atoms with E-state index in [0.29, 0.717) is 26.2 Å². The van der Waals surface area contributed by atoms with Gasteiger partial charge < -0.3 is 25.6 Å². The highest BCUT2D eigenvalue weighted by Crippen LogP contribution is 2.25. The molecule has 0 aliphatic carbocycles. The van der Waals surface area contributed by atoms with E-state index in [-0.39, 0.29) is 35.8 Å². The molecule has 3 rings (SSSR count). The van der Waals surface area contributed by atoms with Gasteiger partial charge in [-0.05, 0) is 38.0 Å². The summed E-state index contributed by atoms with van der Waals surface area (Å²) in [6.45, 7) is 6.06. The zero-order chi connectivity index (χ0) is 22.8. The minimum atomic E-state index is -0.237. The van der Waals surface area contributed by atoms with Crippen molar-refractivity contribution in [3.05, 3.63) is 54.2 Å². The predicted octanol–water partition coefficient (Wildman–Crippen LogP) is 2.88. The highest BCUT2D eigenvalue weighted by Gasteiger charge is 2.26. The van der Waals surface area contributed by atoms with Crippen LogP contribution in [0, 0.1) is 5.92 Å². The fourth-order valence-electron chi connectivity index (χ4n) is 3.79. The first kappa shape index (κ1) is 26.7. The Hall–Kier alpha value is -2.56. The van der Waals surface area contributed by atoms with Gasteiger partial charge in [-0.25, -0.2) is 9.98 Å². The second-order valence-electron chi connectivity index (χ2n) is 7.93. The number of nitrogens with zero attached hydrogens (tertiary/aromatic N) is 4. The lowest BCUT2D eigenvalue weighted by molar-refractivity contribution is -0.122. The average molecular weight is 566 g/mol. The Morgan fingerprint density at radius 1 is 1.30 bits per heavy atom. The first-order valence-electron chi connectivity index (χ1n) is 11.2. The number of aliphatic imine (C=N–C) groups is 1. The van der Waals surface area contributed by atoms with Gasteiger partial charge in [0.1, 0.15) is 18.2 Å². The van der Waals surface area contributed by atoms with Gasteiger partial charge in [-0.1, -0.05) is 24.3 Å². The lowest BCUT2D eigenvalue weighted by atomic mass is 9.97. The first-order chi connectivity index (χ1) is 15.6. The average Bonchev–Trinajstić information content (AvgIpc) is 2.82. The number of hydrogen-bond acceptors (Lipinski definition) is 5. The van der Waals surface area contributed by atoms with Gasteiger partial charge in [0, 0.05) is 38.4 Å². The molecule has 1 atom stereocenters. The number of para-hydroxylation sites is 1. The third-order valence-electron chi connectivity index (χ3n) is 5.53. The molecule has 180 valence electrons. The number of amides is 1. The standard InChI is InChI=1S/C24H34N6O2.HI/c1-3-26-24(29(2)15-16-32-21-11-5-4-6-12-21)28-17-19-9-7-13-27-23(19)30-14-8-10-20(18-30)22(25)31;/h4-7,9,11-13,20H,3,8,10,14-18H2,1-2H3,(H2,25,31)(H,26,28);1H. The Bertz CT molecular complexity index is 896. The van der Waals surface area contributed by atoms with Crippen LogP contribution in [0.15, 0.2) is 53.7 Å². The molecule has 0 saturated carbocycles. The molecule has 33 heavy (non-hydrogen) atoms. The molecule has 2 heterocycles. The van der Waals surface area contributed by atoms with Gasteiger partial charge >= 0.3 is 0 Å². The number of aromatic nitrogens is 1. The zero-order valence-electron chi connectivity index (χ0n) is 19.4. The van der Waals surface area contributed by atoms with Crippen LogP contribution >= 0.6 is 24.0 Å². The van der Waals surface area contributed by atoms with Crippen LogP contribution in [0.25, 0.3) is 0 Å². The molecule has 1 unspecified atom stereocenters. The molecule has 1 aliphatic rings. The largest absolute Gasteiger partial charge is 0.492 e. The van der Waals surface area contributed by atoms with E-state index in [4.69, 9.17) is 15.5 Å². The molecule has 9 heteroatoms. The summed E-state index contributed by atoms with van der Waals surface area (Å²) < 4.78 is 5.82. The molecule has 2 aromatic rings. The highest BCUT2D eigenvalue weighted by molar-refractivity contribution is 14.0. The maximum Gasteiger partial charge on any atom is 0.222 e. The number of benzene rings is 1. The molecule has 0 spiro atoms. The van der Waals surface area contributed by atoms with Gasteiger partial charge in [-0.2, -0.15) is 0 Å². The summed E-state index contributed by atoms with van der Waals surface area (Å²) in [6, 6.07) is 13.8. The molecule has 1 fully saturated rings. The van der Waals surface area contributed by atoms with Gasteiger partial charge in [0.05, 0.1) is 19.0 Å². The van der Waals surface area contributed by atoms with Crippen molar-refractivity contribution in [1.29, 1.82) is 0 Å². The van der Waals surface area contributed by atoms with E-state index >= 15 is 0 Å². The van der Waals surface area contributed by atoms with Gasteiger partial charge in [0.2, 0.25) is 5.91 Å². The van der Waals surface area contributed by atoms with Gasteiger partial charge in [0.25, 0.3) is 0 Å². The van der Waals surface area contributed by atoms with Gasteiger partial charge in [-0.3, -0.25) is 4.79 Å². The van der Waals surface area contributed by atoms with Crippen LogP contribution < -0.4 is 20.7 Å². The van der Waals surface area contributed by atoms with Crippen LogP contribution in [0.3, 0.4) is 0 Å². The number of carbonyl (C=O) groups excluding carboxylic acids is 1. The topological polar surface area (TPSA) is 96.1 Å². The number of likely N-dealkylation sites (N-methyl/N-ethyl adjacent to an activating group) is 1. The number of piperidine rings is 1. The van der Waals surface area contributed by atoms with Gasteiger partial charge in [-0.15, -0.1) is 24.0 Å². The second-order valence-corrected chi connectivity index (χ2v) is 7.93. The molecule has 0 radical (unpaired) electrons. The van der Waals surface area contributed by atoms with Crippen molar-refractivity contribution in [3.63, 3.8) is 0 Å². The number of nitrogens with one attached hydrogen (secondary N) is 1. The number of nitrogens with two attached hydrogens (primary N) is 1. The molecule has 1 aromatic heterocycles. The van der Waals surface area contributed by atoms with Crippen LogP contribution in [0.1, 0.15) is 25.3 Å². The van der Waals surface area contributed by atoms with E-state index < -0.39 is 0 Å². The summed E-state index contributed by atoms with van der Waals surface area (Å²) >= 11 is 0. The lowest BCUT2D eigenvalue weighted by Gasteiger charge is -2.33. The fraction of sp³-hybridized carbons (Fsp3) is 0.458. The number of halogens is 1. The maximum atomic E-state index is 11.7. The minimum absolute atomic E-state index is 0. The Morgan fingerprint density at radius 3 is 2.82 bits per heavy atom.